The molecule has 1 aromatic carbocycles. The maximum Gasteiger partial charge on any atom is 0.272 e. The number of nitrogens with zero attached hydrogens (tertiary/aromatic N) is 2. The summed E-state index contributed by atoms with van der Waals surface area (Å²) >= 11 is 11.8. The molecule has 0 amide bonds. The molecule has 0 radical (unpaired) electrons. The van der Waals surface area contributed by atoms with Crippen molar-refractivity contribution in [3.8, 4) is 17.4 Å². The van der Waals surface area contributed by atoms with Gasteiger partial charge in [-0.2, -0.15) is 0 Å². The molecule has 0 saturated carbocycles. The van der Waals surface area contributed by atoms with Crippen LogP contribution in [0.1, 0.15) is 0 Å². The SMILES string of the molecule is O=[N+]([O-])c1cc(Cl)c(-n2c(O)ccc2O)c(Cl)c1. The van der Waals surface area contributed by atoms with Crippen LogP contribution < -0.4 is 0 Å². The molecule has 6 nitrogen and oxygen atoms in total. The van der Waals surface area contributed by atoms with Crippen LogP contribution in [0.25, 0.3) is 5.69 Å². The van der Waals surface area contributed by atoms with Gasteiger partial charge in [-0.25, -0.2) is 4.57 Å². The van der Waals surface area contributed by atoms with E-state index in [9.17, 15) is 20.3 Å². The average Bonchev–Trinajstić information content (AvgIpc) is 2.59. The summed E-state index contributed by atoms with van der Waals surface area (Å²) in [6.45, 7) is 0. The number of hydrogen-bond acceptors (Lipinski definition) is 4. The standard InChI is InChI=1S/C10H6Cl2N2O4/c11-6-3-5(14(17)18)4-7(12)10(6)13-8(15)1-2-9(13)16/h1-4,15-16H. The van der Waals surface area contributed by atoms with Crippen molar-refractivity contribution in [1.82, 2.24) is 4.57 Å². The molecule has 2 rings (SSSR count). The van der Waals surface area contributed by atoms with Crippen LogP contribution >= 0.6 is 23.2 Å². The van der Waals surface area contributed by atoms with Gasteiger partial charge in [0, 0.05) is 24.3 Å². The second kappa shape index (κ2) is 4.40. The van der Waals surface area contributed by atoms with Gasteiger partial charge in [0.15, 0.2) is 11.8 Å². The van der Waals surface area contributed by atoms with Crippen LogP contribution in [-0.2, 0) is 0 Å². The Morgan fingerprint density at radius 2 is 1.56 bits per heavy atom. The van der Waals surface area contributed by atoms with Crippen LogP contribution in [0.15, 0.2) is 24.3 Å². The fourth-order valence-corrected chi connectivity index (χ4v) is 2.16. The van der Waals surface area contributed by atoms with Crippen LogP contribution in [0, 0.1) is 10.1 Å². The smallest absolute Gasteiger partial charge is 0.272 e. The number of aromatic nitrogens is 1. The zero-order chi connectivity index (χ0) is 13.4. The molecule has 2 aromatic rings. The van der Waals surface area contributed by atoms with E-state index >= 15 is 0 Å². The number of nitro benzene ring substituents is 1. The molecule has 0 atom stereocenters. The second-order valence-corrected chi connectivity index (χ2v) is 4.21. The quantitative estimate of drug-likeness (QED) is 0.656. The highest BCUT2D eigenvalue weighted by molar-refractivity contribution is 6.38. The third-order valence-electron chi connectivity index (χ3n) is 2.28. The second-order valence-electron chi connectivity index (χ2n) is 3.40. The van der Waals surface area contributed by atoms with Gasteiger partial charge in [-0.05, 0) is 0 Å². The number of rotatable bonds is 2. The third kappa shape index (κ3) is 1.96. The van der Waals surface area contributed by atoms with Crippen molar-refractivity contribution in [3.63, 3.8) is 0 Å². The first kappa shape index (κ1) is 12.5. The monoisotopic (exact) mass is 288 g/mol. The topological polar surface area (TPSA) is 88.5 Å². The molecule has 0 unspecified atom stereocenters. The lowest BCUT2D eigenvalue weighted by Crippen LogP contribution is -1.97. The molecule has 0 bridgehead atoms. The van der Waals surface area contributed by atoms with Crippen molar-refractivity contribution in [3.05, 3.63) is 44.4 Å². The maximum atomic E-state index is 10.6. The number of nitro groups is 1. The van der Waals surface area contributed by atoms with Crippen LogP contribution in [0.4, 0.5) is 5.69 Å². The van der Waals surface area contributed by atoms with E-state index in [0.717, 1.165) is 16.7 Å². The van der Waals surface area contributed by atoms with Crippen LogP contribution in [0.2, 0.25) is 10.0 Å². The number of hydrogen-bond donors (Lipinski definition) is 2. The van der Waals surface area contributed by atoms with Gasteiger partial charge in [0.05, 0.1) is 20.7 Å². The first-order chi connectivity index (χ1) is 8.41. The van der Waals surface area contributed by atoms with Crippen LogP contribution in [-0.4, -0.2) is 19.7 Å². The Labute approximate surface area is 111 Å². The normalized spacial score (nSPS) is 10.6. The first-order valence-electron chi connectivity index (χ1n) is 4.65. The summed E-state index contributed by atoms with van der Waals surface area (Å²) < 4.78 is 0.981. The first-order valence-corrected chi connectivity index (χ1v) is 5.41. The van der Waals surface area contributed by atoms with Gasteiger partial charge in [-0.15, -0.1) is 0 Å². The summed E-state index contributed by atoms with van der Waals surface area (Å²) in [5.41, 5.74) is -0.205. The van der Waals surface area contributed by atoms with Crippen molar-refractivity contribution in [2.24, 2.45) is 0 Å². The van der Waals surface area contributed by atoms with Gasteiger partial charge < -0.3 is 10.2 Å². The highest BCUT2D eigenvalue weighted by Crippen LogP contribution is 2.38. The van der Waals surface area contributed by atoms with Crippen molar-refractivity contribution >= 4 is 28.9 Å². The molecule has 2 N–H and O–H groups in total. The summed E-state index contributed by atoms with van der Waals surface area (Å²) in [4.78, 5) is 9.98. The Hall–Kier alpha value is -1.92. The molecule has 1 heterocycles. The largest absolute Gasteiger partial charge is 0.494 e. The molecule has 0 aliphatic heterocycles. The van der Waals surface area contributed by atoms with Crippen molar-refractivity contribution in [1.29, 1.82) is 0 Å². The lowest BCUT2D eigenvalue weighted by Gasteiger charge is -2.10. The fraction of sp³-hybridized carbons (Fsp3) is 0. The number of halogens is 2. The molecular formula is C10H6Cl2N2O4. The molecule has 0 aliphatic rings. The predicted octanol–water partition coefficient (Wildman–Crippen LogP) is 3.10. The lowest BCUT2D eigenvalue weighted by atomic mass is 10.2. The van der Waals surface area contributed by atoms with Crippen molar-refractivity contribution in [2.45, 2.75) is 0 Å². The van der Waals surface area contributed by atoms with E-state index in [2.05, 4.69) is 0 Å². The summed E-state index contributed by atoms with van der Waals surface area (Å²) in [6.07, 6.45) is 0. The third-order valence-corrected chi connectivity index (χ3v) is 2.85. The molecule has 0 spiro atoms. The summed E-state index contributed by atoms with van der Waals surface area (Å²) in [5.74, 6) is -0.574. The van der Waals surface area contributed by atoms with Crippen molar-refractivity contribution < 1.29 is 15.1 Å². The van der Waals surface area contributed by atoms with E-state index in [1.54, 1.807) is 0 Å². The van der Waals surface area contributed by atoms with E-state index in [-0.39, 0.29) is 33.2 Å². The van der Waals surface area contributed by atoms with Gasteiger partial charge in [0.2, 0.25) is 0 Å². The number of non-ortho nitro benzene ring substituents is 1. The highest BCUT2D eigenvalue weighted by atomic mass is 35.5. The van der Waals surface area contributed by atoms with Gasteiger partial charge in [-0.1, -0.05) is 23.2 Å². The molecule has 18 heavy (non-hydrogen) atoms. The van der Waals surface area contributed by atoms with E-state index in [0.29, 0.717) is 0 Å². The minimum atomic E-state index is -0.642. The fourth-order valence-electron chi connectivity index (χ4n) is 1.52. The number of aromatic hydroxyl groups is 2. The average molecular weight is 289 g/mol. The van der Waals surface area contributed by atoms with E-state index < -0.39 is 4.92 Å². The van der Waals surface area contributed by atoms with Gasteiger partial charge in [-0.3, -0.25) is 10.1 Å². The molecule has 8 heteroatoms. The molecule has 94 valence electrons. The summed E-state index contributed by atoms with van der Waals surface area (Å²) in [5, 5.41) is 29.6. The van der Waals surface area contributed by atoms with Crippen LogP contribution in [0.5, 0.6) is 11.8 Å². The van der Waals surface area contributed by atoms with Gasteiger partial charge in [0.25, 0.3) is 5.69 Å². The molecule has 0 aliphatic carbocycles. The van der Waals surface area contributed by atoms with E-state index in [4.69, 9.17) is 23.2 Å². The Kier molecular flexibility index (Phi) is 3.06. The highest BCUT2D eigenvalue weighted by Gasteiger charge is 2.19. The van der Waals surface area contributed by atoms with E-state index in [1.807, 2.05) is 0 Å². The minimum absolute atomic E-state index is 0.0593. The number of benzene rings is 1. The van der Waals surface area contributed by atoms with Gasteiger partial charge >= 0.3 is 0 Å². The minimum Gasteiger partial charge on any atom is -0.494 e. The predicted molar refractivity (Wildman–Crippen MR) is 65.8 cm³/mol. The van der Waals surface area contributed by atoms with Crippen LogP contribution in [0.3, 0.4) is 0 Å². The zero-order valence-corrected chi connectivity index (χ0v) is 10.2. The Bertz CT molecular complexity index is 596. The Morgan fingerprint density at radius 1 is 1.11 bits per heavy atom. The molecule has 1 aromatic heterocycles. The lowest BCUT2D eigenvalue weighted by molar-refractivity contribution is -0.384. The Morgan fingerprint density at radius 3 is 1.94 bits per heavy atom. The summed E-state index contributed by atoms with van der Waals surface area (Å²) in [6, 6.07) is 4.65. The van der Waals surface area contributed by atoms with Crippen molar-refractivity contribution in [2.75, 3.05) is 0 Å². The zero-order valence-electron chi connectivity index (χ0n) is 8.67. The molecular weight excluding hydrogens is 283 g/mol. The van der Waals surface area contributed by atoms with Gasteiger partial charge in [0.1, 0.15) is 0 Å². The molecule has 0 saturated heterocycles. The Balaban J connectivity index is 2.70. The molecule has 0 fully saturated rings. The van der Waals surface area contributed by atoms with E-state index in [1.165, 1.54) is 12.1 Å². The summed E-state index contributed by atoms with van der Waals surface area (Å²) in [7, 11) is 0. The maximum absolute atomic E-state index is 10.6.